The number of anilines is 1. The zero-order chi connectivity index (χ0) is 18.9. The Morgan fingerprint density at radius 2 is 1.74 bits per heavy atom. The van der Waals surface area contributed by atoms with Crippen LogP contribution in [0.2, 0.25) is 0 Å². The summed E-state index contributed by atoms with van der Waals surface area (Å²) in [6, 6.07) is 25.1. The van der Waals surface area contributed by atoms with Crippen molar-refractivity contribution in [2.75, 3.05) is 12.5 Å². The lowest BCUT2D eigenvalue weighted by Gasteiger charge is -2.13. The van der Waals surface area contributed by atoms with Crippen LogP contribution >= 0.6 is 0 Å². The third-order valence-electron chi connectivity index (χ3n) is 4.02. The van der Waals surface area contributed by atoms with E-state index in [0.717, 1.165) is 22.6 Å². The van der Waals surface area contributed by atoms with Crippen molar-refractivity contribution in [2.24, 2.45) is 0 Å². The molecule has 5 heteroatoms. The summed E-state index contributed by atoms with van der Waals surface area (Å²) in [5, 5.41) is 8.86. The van der Waals surface area contributed by atoms with Crippen molar-refractivity contribution in [3.63, 3.8) is 0 Å². The second kappa shape index (κ2) is 9.27. The first-order valence-corrected chi connectivity index (χ1v) is 8.61. The molecule has 0 amide bonds. The number of nitriles is 1. The average Bonchev–Trinajstić information content (AvgIpc) is 2.73. The van der Waals surface area contributed by atoms with Gasteiger partial charge < -0.3 is 14.9 Å². The van der Waals surface area contributed by atoms with Crippen molar-refractivity contribution in [2.45, 2.75) is 13.2 Å². The van der Waals surface area contributed by atoms with E-state index in [0.29, 0.717) is 24.5 Å². The van der Waals surface area contributed by atoms with Gasteiger partial charge in [-0.05, 0) is 54.1 Å². The van der Waals surface area contributed by atoms with Gasteiger partial charge in [-0.25, -0.2) is 5.43 Å². The van der Waals surface area contributed by atoms with Crippen molar-refractivity contribution < 1.29 is 9.47 Å². The summed E-state index contributed by atoms with van der Waals surface area (Å²) < 4.78 is 11.3. The van der Waals surface area contributed by atoms with Gasteiger partial charge in [-0.3, -0.25) is 0 Å². The van der Waals surface area contributed by atoms with Crippen molar-refractivity contribution >= 4 is 5.69 Å². The molecule has 0 atom stereocenters. The largest absolute Gasteiger partial charge is 0.496 e. The van der Waals surface area contributed by atoms with E-state index in [1.165, 1.54) is 0 Å². The number of para-hydroxylation sites is 1. The van der Waals surface area contributed by atoms with E-state index in [4.69, 9.17) is 14.7 Å². The third kappa shape index (κ3) is 5.24. The minimum absolute atomic E-state index is 0.384. The maximum Gasteiger partial charge on any atom is 0.125 e. The molecule has 0 unspecified atom stereocenters. The number of nitrogens with one attached hydrogen (secondary N) is 2. The van der Waals surface area contributed by atoms with Gasteiger partial charge in [-0.2, -0.15) is 5.26 Å². The van der Waals surface area contributed by atoms with Crippen LogP contribution in [-0.4, -0.2) is 7.11 Å². The standard InChI is InChI=1S/C22H21N3O2/c1-26-22-12-9-18(15-24-25-20-5-3-2-4-6-20)13-19(22)16-27-21-10-7-17(14-23)8-11-21/h2-13,24-25H,15-16H2,1H3. The molecule has 0 radical (unpaired) electrons. The first kappa shape index (κ1) is 18.3. The first-order valence-electron chi connectivity index (χ1n) is 8.61. The molecule has 5 nitrogen and oxygen atoms in total. The van der Waals surface area contributed by atoms with Gasteiger partial charge in [0.2, 0.25) is 0 Å². The van der Waals surface area contributed by atoms with Crippen LogP contribution in [0.4, 0.5) is 5.69 Å². The summed E-state index contributed by atoms with van der Waals surface area (Å²) in [7, 11) is 1.65. The van der Waals surface area contributed by atoms with Crippen LogP contribution in [-0.2, 0) is 13.2 Å². The number of hydrogen-bond donors (Lipinski definition) is 2. The highest BCUT2D eigenvalue weighted by Crippen LogP contribution is 2.22. The summed E-state index contributed by atoms with van der Waals surface area (Å²) in [5.41, 5.74) is 10.1. The molecule has 3 aromatic carbocycles. The summed E-state index contributed by atoms with van der Waals surface area (Å²) in [4.78, 5) is 0. The van der Waals surface area contributed by atoms with Gasteiger partial charge in [0.25, 0.3) is 0 Å². The summed E-state index contributed by atoms with van der Waals surface area (Å²) in [6.07, 6.45) is 0. The Kier molecular flexibility index (Phi) is 6.29. The molecule has 0 fully saturated rings. The molecule has 3 rings (SSSR count). The molecule has 0 heterocycles. The van der Waals surface area contributed by atoms with E-state index in [2.05, 4.69) is 23.0 Å². The summed E-state index contributed by atoms with van der Waals surface area (Å²) in [6.45, 7) is 1.04. The van der Waals surface area contributed by atoms with Gasteiger partial charge in [-0.15, -0.1) is 0 Å². The van der Waals surface area contributed by atoms with E-state index < -0.39 is 0 Å². The Morgan fingerprint density at radius 1 is 0.963 bits per heavy atom. The summed E-state index contributed by atoms with van der Waals surface area (Å²) >= 11 is 0. The molecule has 136 valence electrons. The van der Waals surface area contributed by atoms with Gasteiger partial charge in [-0.1, -0.05) is 24.3 Å². The predicted octanol–water partition coefficient (Wildman–Crippen LogP) is 4.26. The third-order valence-corrected chi connectivity index (χ3v) is 4.02. The Morgan fingerprint density at radius 3 is 2.44 bits per heavy atom. The molecule has 0 aliphatic carbocycles. The number of benzene rings is 3. The Bertz CT molecular complexity index is 903. The molecule has 0 saturated heterocycles. The first-order chi connectivity index (χ1) is 13.3. The monoisotopic (exact) mass is 359 g/mol. The van der Waals surface area contributed by atoms with Crippen molar-refractivity contribution in [3.05, 3.63) is 89.5 Å². The highest BCUT2D eigenvalue weighted by atomic mass is 16.5. The van der Waals surface area contributed by atoms with E-state index in [1.54, 1.807) is 31.4 Å². The van der Waals surface area contributed by atoms with Crippen LogP contribution in [0, 0.1) is 11.3 Å². The molecule has 0 aliphatic heterocycles. The average molecular weight is 359 g/mol. The zero-order valence-corrected chi connectivity index (χ0v) is 15.1. The molecule has 0 bridgehead atoms. The number of methoxy groups -OCH3 is 1. The quantitative estimate of drug-likeness (QED) is 0.588. The van der Waals surface area contributed by atoms with Crippen LogP contribution in [0.3, 0.4) is 0 Å². The topological polar surface area (TPSA) is 66.3 Å². The maximum atomic E-state index is 8.86. The van der Waals surface area contributed by atoms with Gasteiger partial charge in [0.05, 0.1) is 18.7 Å². The predicted molar refractivity (Wildman–Crippen MR) is 105 cm³/mol. The van der Waals surface area contributed by atoms with E-state index >= 15 is 0 Å². The van der Waals surface area contributed by atoms with Gasteiger partial charge in [0, 0.05) is 17.8 Å². The van der Waals surface area contributed by atoms with E-state index in [9.17, 15) is 0 Å². The Balaban J connectivity index is 1.61. The minimum Gasteiger partial charge on any atom is -0.496 e. The fourth-order valence-electron chi connectivity index (χ4n) is 2.61. The Hall–Kier alpha value is -3.49. The second-order valence-electron chi connectivity index (χ2n) is 5.92. The number of hydrogen-bond acceptors (Lipinski definition) is 5. The van der Waals surface area contributed by atoms with Crippen molar-refractivity contribution in [1.82, 2.24) is 5.43 Å². The highest BCUT2D eigenvalue weighted by molar-refractivity contribution is 5.42. The highest BCUT2D eigenvalue weighted by Gasteiger charge is 2.06. The lowest BCUT2D eigenvalue weighted by molar-refractivity contribution is 0.296. The fraction of sp³-hybridized carbons (Fsp3) is 0.136. The van der Waals surface area contributed by atoms with Gasteiger partial charge in [0.1, 0.15) is 18.1 Å². The normalized spacial score (nSPS) is 10.1. The molecule has 0 saturated carbocycles. The number of ether oxygens (including phenoxy) is 2. The molecule has 0 spiro atoms. The molecular formula is C22H21N3O2. The lowest BCUT2D eigenvalue weighted by Crippen LogP contribution is -2.20. The van der Waals surface area contributed by atoms with Gasteiger partial charge in [0.15, 0.2) is 0 Å². The maximum absolute atomic E-state index is 8.86. The van der Waals surface area contributed by atoms with Crippen molar-refractivity contribution in [1.29, 1.82) is 5.26 Å². The molecule has 27 heavy (non-hydrogen) atoms. The van der Waals surface area contributed by atoms with E-state index in [-0.39, 0.29) is 0 Å². The molecular weight excluding hydrogens is 338 g/mol. The lowest BCUT2D eigenvalue weighted by atomic mass is 10.1. The minimum atomic E-state index is 0.384. The fourth-order valence-corrected chi connectivity index (χ4v) is 2.61. The van der Waals surface area contributed by atoms with Crippen LogP contribution < -0.4 is 20.3 Å². The molecule has 0 aliphatic rings. The van der Waals surface area contributed by atoms with Crippen LogP contribution in [0.1, 0.15) is 16.7 Å². The number of nitrogens with zero attached hydrogens (tertiary/aromatic N) is 1. The summed E-state index contributed by atoms with van der Waals surface area (Å²) in [5.74, 6) is 1.49. The van der Waals surface area contributed by atoms with Crippen molar-refractivity contribution in [3.8, 4) is 17.6 Å². The van der Waals surface area contributed by atoms with Crippen LogP contribution in [0.15, 0.2) is 72.8 Å². The SMILES string of the molecule is COc1ccc(CNNc2ccccc2)cc1COc1ccc(C#N)cc1. The van der Waals surface area contributed by atoms with E-state index in [1.807, 2.05) is 42.5 Å². The van der Waals surface area contributed by atoms with Crippen LogP contribution in [0.25, 0.3) is 0 Å². The molecule has 0 aromatic heterocycles. The second-order valence-corrected chi connectivity index (χ2v) is 5.92. The smallest absolute Gasteiger partial charge is 0.125 e. The van der Waals surface area contributed by atoms with Gasteiger partial charge >= 0.3 is 0 Å². The number of hydrazine groups is 1. The zero-order valence-electron chi connectivity index (χ0n) is 15.1. The van der Waals surface area contributed by atoms with Crippen LogP contribution in [0.5, 0.6) is 11.5 Å². The molecule has 2 N–H and O–H groups in total. The Labute approximate surface area is 159 Å². The molecule has 3 aromatic rings. The number of rotatable bonds is 8.